The van der Waals surface area contributed by atoms with Crippen molar-refractivity contribution in [2.75, 3.05) is 18.0 Å². The highest BCUT2D eigenvalue weighted by molar-refractivity contribution is 5.60. The molecule has 2 aromatic rings. The minimum absolute atomic E-state index is 0.564. The van der Waals surface area contributed by atoms with Gasteiger partial charge in [0.2, 0.25) is 0 Å². The fourth-order valence-electron chi connectivity index (χ4n) is 2.99. The first-order valence-corrected chi connectivity index (χ1v) is 7.23. The van der Waals surface area contributed by atoms with Gasteiger partial charge in [0.1, 0.15) is 0 Å². The highest BCUT2D eigenvalue weighted by Crippen LogP contribution is 2.38. The van der Waals surface area contributed by atoms with Crippen molar-refractivity contribution in [1.29, 1.82) is 0 Å². The molecule has 3 heteroatoms. The quantitative estimate of drug-likeness (QED) is 0.926. The summed E-state index contributed by atoms with van der Waals surface area (Å²) in [5, 5.41) is 0. The number of anilines is 1. The first kappa shape index (κ1) is 13.1. The maximum atomic E-state index is 5.75. The maximum absolute atomic E-state index is 5.75. The molecule has 3 rings (SSSR count). The molecule has 1 atom stereocenters. The van der Waals surface area contributed by atoms with Gasteiger partial charge in [-0.15, -0.1) is 0 Å². The van der Waals surface area contributed by atoms with Crippen LogP contribution in [0.3, 0.4) is 0 Å². The van der Waals surface area contributed by atoms with E-state index >= 15 is 0 Å². The van der Waals surface area contributed by atoms with Gasteiger partial charge in [0.15, 0.2) is 0 Å². The van der Waals surface area contributed by atoms with E-state index in [4.69, 9.17) is 5.73 Å². The Labute approximate surface area is 120 Å². The van der Waals surface area contributed by atoms with Gasteiger partial charge in [-0.05, 0) is 43.1 Å². The second kappa shape index (κ2) is 5.63. The molecule has 2 heterocycles. The van der Waals surface area contributed by atoms with Crippen molar-refractivity contribution in [3.05, 3.63) is 59.4 Å². The number of rotatable bonds is 4. The Bertz CT molecular complexity index is 577. The van der Waals surface area contributed by atoms with Crippen LogP contribution in [0.25, 0.3) is 0 Å². The maximum Gasteiger partial charge on any atom is 0.0445 e. The molecule has 0 saturated carbocycles. The SMILES string of the molecule is Cc1ccc(CN2CC(CCN)c3ccccc32)cn1. The summed E-state index contributed by atoms with van der Waals surface area (Å²) < 4.78 is 0. The molecule has 3 nitrogen and oxygen atoms in total. The average Bonchev–Trinajstić information content (AvgIpc) is 2.81. The number of aromatic nitrogens is 1. The fraction of sp³-hybridized carbons (Fsp3) is 0.353. The van der Waals surface area contributed by atoms with Gasteiger partial charge in [-0.2, -0.15) is 0 Å². The van der Waals surface area contributed by atoms with Crippen LogP contribution in [0.4, 0.5) is 5.69 Å². The van der Waals surface area contributed by atoms with Crippen molar-refractivity contribution in [2.45, 2.75) is 25.8 Å². The lowest BCUT2D eigenvalue weighted by Gasteiger charge is -2.20. The molecule has 1 unspecified atom stereocenters. The average molecular weight is 267 g/mol. The summed E-state index contributed by atoms with van der Waals surface area (Å²) in [6.45, 7) is 4.75. The molecular weight excluding hydrogens is 246 g/mol. The van der Waals surface area contributed by atoms with E-state index in [2.05, 4.69) is 46.3 Å². The second-order valence-electron chi connectivity index (χ2n) is 5.52. The number of hydrogen-bond donors (Lipinski definition) is 1. The number of benzene rings is 1. The van der Waals surface area contributed by atoms with E-state index in [9.17, 15) is 0 Å². The predicted octanol–water partition coefficient (Wildman–Crippen LogP) is 2.84. The molecule has 1 aromatic heterocycles. The summed E-state index contributed by atoms with van der Waals surface area (Å²) in [6, 6.07) is 12.9. The van der Waals surface area contributed by atoms with Crippen molar-refractivity contribution in [1.82, 2.24) is 4.98 Å². The molecule has 1 aliphatic heterocycles. The van der Waals surface area contributed by atoms with Crippen LogP contribution in [-0.2, 0) is 6.54 Å². The molecular formula is C17H21N3. The van der Waals surface area contributed by atoms with Gasteiger partial charge >= 0.3 is 0 Å². The summed E-state index contributed by atoms with van der Waals surface area (Å²) in [6.07, 6.45) is 3.04. The Hall–Kier alpha value is -1.87. The standard InChI is InChI=1S/C17H21N3/c1-13-6-7-14(10-19-13)11-20-12-15(8-9-18)16-4-2-3-5-17(16)20/h2-7,10,15H,8-9,11-12,18H2,1H3. The smallest absolute Gasteiger partial charge is 0.0445 e. The monoisotopic (exact) mass is 267 g/mol. The van der Waals surface area contributed by atoms with Gasteiger partial charge in [-0.1, -0.05) is 24.3 Å². The Kier molecular flexibility index (Phi) is 3.70. The van der Waals surface area contributed by atoms with Crippen LogP contribution in [0.5, 0.6) is 0 Å². The third-order valence-electron chi connectivity index (χ3n) is 4.02. The highest BCUT2D eigenvalue weighted by Gasteiger charge is 2.27. The molecule has 2 N–H and O–H groups in total. The number of fused-ring (bicyclic) bond motifs is 1. The van der Waals surface area contributed by atoms with Gasteiger partial charge in [-0.25, -0.2) is 0 Å². The zero-order valence-corrected chi connectivity index (χ0v) is 11.9. The molecule has 1 aromatic carbocycles. The molecule has 0 amide bonds. The van der Waals surface area contributed by atoms with Crippen molar-refractivity contribution in [3.8, 4) is 0 Å². The van der Waals surface area contributed by atoms with Crippen molar-refractivity contribution in [2.24, 2.45) is 5.73 Å². The summed E-state index contributed by atoms with van der Waals surface area (Å²) >= 11 is 0. The zero-order chi connectivity index (χ0) is 13.9. The number of nitrogens with two attached hydrogens (primary N) is 1. The topological polar surface area (TPSA) is 42.1 Å². The lowest BCUT2D eigenvalue weighted by Crippen LogP contribution is -2.22. The van der Waals surface area contributed by atoms with Crippen LogP contribution in [0, 0.1) is 6.92 Å². The van der Waals surface area contributed by atoms with Gasteiger partial charge in [0.05, 0.1) is 0 Å². The fourth-order valence-corrected chi connectivity index (χ4v) is 2.99. The number of para-hydroxylation sites is 1. The lowest BCUT2D eigenvalue weighted by molar-refractivity contribution is 0.644. The number of hydrogen-bond acceptors (Lipinski definition) is 3. The number of nitrogens with zero attached hydrogens (tertiary/aromatic N) is 2. The third-order valence-corrected chi connectivity index (χ3v) is 4.02. The first-order chi connectivity index (χ1) is 9.78. The van der Waals surface area contributed by atoms with Crippen molar-refractivity contribution >= 4 is 5.69 Å². The molecule has 0 spiro atoms. The van der Waals surface area contributed by atoms with Crippen LogP contribution >= 0.6 is 0 Å². The normalized spacial score (nSPS) is 17.3. The van der Waals surface area contributed by atoms with Gasteiger partial charge in [0, 0.05) is 36.6 Å². The van der Waals surface area contributed by atoms with Gasteiger partial charge in [-0.3, -0.25) is 4.98 Å². The highest BCUT2D eigenvalue weighted by atomic mass is 15.2. The van der Waals surface area contributed by atoms with E-state index in [1.165, 1.54) is 16.8 Å². The van der Waals surface area contributed by atoms with Gasteiger partial charge < -0.3 is 10.6 Å². The van der Waals surface area contributed by atoms with Crippen LogP contribution in [0.2, 0.25) is 0 Å². The van der Waals surface area contributed by atoms with E-state index in [0.717, 1.165) is 31.7 Å². The largest absolute Gasteiger partial charge is 0.366 e. The number of pyridine rings is 1. The summed E-state index contributed by atoms with van der Waals surface area (Å²) in [7, 11) is 0. The van der Waals surface area contributed by atoms with Crippen molar-refractivity contribution < 1.29 is 0 Å². The Morgan fingerprint density at radius 3 is 2.85 bits per heavy atom. The van der Waals surface area contributed by atoms with E-state index < -0.39 is 0 Å². The second-order valence-corrected chi connectivity index (χ2v) is 5.52. The van der Waals surface area contributed by atoms with E-state index in [1.807, 2.05) is 13.1 Å². The van der Waals surface area contributed by atoms with Crippen LogP contribution in [0.15, 0.2) is 42.6 Å². The van der Waals surface area contributed by atoms with Crippen LogP contribution < -0.4 is 10.6 Å². The first-order valence-electron chi connectivity index (χ1n) is 7.23. The summed E-state index contributed by atoms with van der Waals surface area (Å²) in [4.78, 5) is 6.83. The Balaban J connectivity index is 1.82. The molecule has 0 bridgehead atoms. The molecule has 104 valence electrons. The minimum Gasteiger partial charge on any atom is -0.366 e. The van der Waals surface area contributed by atoms with Crippen molar-refractivity contribution in [3.63, 3.8) is 0 Å². The van der Waals surface area contributed by atoms with Gasteiger partial charge in [0.25, 0.3) is 0 Å². The lowest BCUT2D eigenvalue weighted by atomic mass is 9.98. The molecule has 1 aliphatic rings. The minimum atomic E-state index is 0.564. The molecule has 0 saturated heterocycles. The van der Waals surface area contributed by atoms with Crippen LogP contribution in [-0.4, -0.2) is 18.1 Å². The van der Waals surface area contributed by atoms with E-state index in [1.54, 1.807) is 0 Å². The number of aryl methyl sites for hydroxylation is 1. The Morgan fingerprint density at radius 1 is 1.25 bits per heavy atom. The predicted molar refractivity (Wildman–Crippen MR) is 82.9 cm³/mol. The zero-order valence-electron chi connectivity index (χ0n) is 11.9. The molecule has 0 fully saturated rings. The molecule has 0 radical (unpaired) electrons. The summed E-state index contributed by atoms with van der Waals surface area (Å²) in [5.74, 6) is 0.564. The molecule has 20 heavy (non-hydrogen) atoms. The third kappa shape index (κ3) is 2.54. The van der Waals surface area contributed by atoms with E-state index in [0.29, 0.717) is 5.92 Å². The Morgan fingerprint density at radius 2 is 2.10 bits per heavy atom. The van der Waals surface area contributed by atoms with E-state index in [-0.39, 0.29) is 0 Å². The molecule has 0 aliphatic carbocycles. The summed E-state index contributed by atoms with van der Waals surface area (Å²) in [5.41, 5.74) is 10.9. The van der Waals surface area contributed by atoms with Crippen LogP contribution in [0.1, 0.15) is 29.2 Å².